The van der Waals surface area contributed by atoms with Crippen LogP contribution >= 0.6 is 24.0 Å². The maximum Gasteiger partial charge on any atom is 0.276 e. The number of thioether (sulfide) groups is 1. The van der Waals surface area contributed by atoms with Crippen LogP contribution < -0.4 is 0 Å². The summed E-state index contributed by atoms with van der Waals surface area (Å²) in [5.74, 6) is -0.170. The number of nitro benzene ring substituents is 1. The van der Waals surface area contributed by atoms with Crippen LogP contribution in [-0.4, -0.2) is 26.6 Å². The molecule has 0 radical (unpaired) electrons. The summed E-state index contributed by atoms with van der Waals surface area (Å²) >= 11 is 6.40. The Morgan fingerprint density at radius 1 is 1.43 bits per heavy atom. The van der Waals surface area contributed by atoms with Gasteiger partial charge in [0.1, 0.15) is 4.32 Å². The number of unbranched alkanes of at least 4 members (excludes halogenated alkanes) is 1. The van der Waals surface area contributed by atoms with E-state index in [1.807, 2.05) is 6.92 Å². The molecular formula is C14H14N2O3S2. The molecular weight excluding hydrogens is 308 g/mol. The molecule has 0 unspecified atom stereocenters. The van der Waals surface area contributed by atoms with Gasteiger partial charge in [0.25, 0.3) is 11.6 Å². The number of rotatable bonds is 5. The fourth-order valence-electron chi connectivity index (χ4n) is 1.93. The smallest absolute Gasteiger partial charge is 0.276 e. The first kappa shape index (κ1) is 15.7. The third kappa shape index (κ3) is 3.48. The molecule has 0 aliphatic carbocycles. The van der Waals surface area contributed by atoms with Gasteiger partial charge in [-0.2, -0.15) is 0 Å². The second kappa shape index (κ2) is 6.82. The van der Waals surface area contributed by atoms with Gasteiger partial charge in [0.05, 0.1) is 15.4 Å². The first-order valence-corrected chi connectivity index (χ1v) is 7.76. The van der Waals surface area contributed by atoms with Gasteiger partial charge in [-0.05, 0) is 18.6 Å². The molecule has 1 aromatic rings. The van der Waals surface area contributed by atoms with Crippen LogP contribution in [0.5, 0.6) is 0 Å². The average Bonchev–Trinajstić information content (AvgIpc) is 2.72. The van der Waals surface area contributed by atoms with Gasteiger partial charge in [-0.3, -0.25) is 19.8 Å². The highest BCUT2D eigenvalue weighted by atomic mass is 32.2. The highest BCUT2D eigenvalue weighted by Crippen LogP contribution is 2.34. The zero-order chi connectivity index (χ0) is 15.4. The topological polar surface area (TPSA) is 63.5 Å². The molecule has 1 fully saturated rings. The van der Waals surface area contributed by atoms with E-state index in [2.05, 4.69) is 0 Å². The molecule has 0 saturated carbocycles. The number of hydrogen-bond donors (Lipinski definition) is 0. The van der Waals surface area contributed by atoms with Gasteiger partial charge in [-0.1, -0.05) is 49.5 Å². The van der Waals surface area contributed by atoms with E-state index in [-0.39, 0.29) is 11.6 Å². The Morgan fingerprint density at radius 3 is 2.81 bits per heavy atom. The van der Waals surface area contributed by atoms with Crippen molar-refractivity contribution in [1.82, 2.24) is 4.90 Å². The molecule has 0 spiro atoms. The van der Waals surface area contributed by atoms with Crippen molar-refractivity contribution in [2.45, 2.75) is 19.8 Å². The van der Waals surface area contributed by atoms with E-state index < -0.39 is 4.92 Å². The highest BCUT2D eigenvalue weighted by Gasteiger charge is 2.31. The lowest BCUT2D eigenvalue weighted by Crippen LogP contribution is -2.28. The summed E-state index contributed by atoms with van der Waals surface area (Å²) in [4.78, 5) is 24.8. The molecule has 0 bridgehead atoms. The molecule has 5 nitrogen and oxygen atoms in total. The Balaban J connectivity index is 2.29. The number of nitro groups is 1. The zero-order valence-electron chi connectivity index (χ0n) is 11.4. The molecule has 0 atom stereocenters. The van der Waals surface area contributed by atoms with Crippen molar-refractivity contribution >= 4 is 46.0 Å². The van der Waals surface area contributed by atoms with Crippen molar-refractivity contribution in [3.05, 3.63) is 44.8 Å². The lowest BCUT2D eigenvalue weighted by molar-refractivity contribution is -0.385. The predicted octanol–water partition coefficient (Wildman–Crippen LogP) is 3.60. The Kier molecular flexibility index (Phi) is 5.08. The van der Waals surface area contributed by atoms with Crippen LogP contribution in [0.15, 0.2) is 29.2 Å². The fraction of sp³-hybridized carbons (Fsp3) is 0.286. The van der Waals surface area contributed by atoms with Gasteiger partial charge in [0.15, 0.2) is 0 Å². The van der Waals surface area contributed by atoms with Crippen LogP contribution in [0.1, 0.15) is 25.3 Å². The number of carbonyl (C=O) groups excluding carboxylic acids is 1. The van der Waals surface area contributed by atoms with Gasteiger partial charge in [-0.25, -0.2) is 0 Å². The van der Waals surface area contributed by atoms with Crippen LogP contribution in [0.4, 0.5) is 5.69 Å². The number of benzene rings is 1. The third-order valence-electron chi connectivity index (χ3n) is 3.03. The Labute approximate surface area is 132 Å². The van der Waals surface area contributed by atoms with Crippen molar-refractivity contribution in [3.63, 3.8) is 0 Å². The number of nitrogens with zero attached hydrogens (tertiary/aromatic N) is 2. The summed E-state index contributed by atoms with van der Waals surface area (Å²) < 4.78 is 0.512. The molecule has 110 valence electrons. The number of carbonyl (C=O) groups is 1. The molecule has 1 aliphatic heterocycles. The van der Waals surface area contributed by atoms with Gasteiger partial charge >= 0.3 is 0 Å². The predicted molar refractivity (Wildman–Crippen MR) is 87.9 cm³/mol. The van der Waals surface area contributed by atoms with Crippen molar-refractivity contribution in [3.8, 4) is 0 Å². The summed E-state index contributed by atoms with van der Waals surface area (Å²) in [6, 6.07) is 6.35. The number of amides is 1. The van der Waals surface area contributed by atoms with E-state index in [0.717, 1.165) is 12.8 Å². The zero-order valence-corrected chi connectivity index (χ0v) is 13.1. The summed E-state index contributed by atoms with van der Waals surface area (Å²) in [6.07, 6.45) is 3.40. The molecule has 1 aromatic carbocycles. The molecule has 1 amide bonds. The second-order valence-electron chi connectivity index (χ2n) is 4.50. The lowest BCUT2D eigenvalue weighted by atomic mass is 10.1. The van der Waals surface area contributed by atoms with Crippen LogP contribution in [0, 0.1) is 10.1 Å². The van der Waals surface area contributed by atoms with Crippen molar-refractivity contribution in [2.75, 3.05) is 6.54 Å². The van der Waals surface area contributed by atoms with Crippen molar-refractivity contribution in [2.24, 2.45) is 0 Å². The van der Waals surface area contributed by atoms with E-state index in [4.69, 9.17) is 12.2 Å². The fourth-order valence-corrected chi connectivity index (χ4v) is 3.23. The number of thiocarbonyl (C=S) groups is 1. The van der Waals surface area contributed by atoms with Crippen molar-refractivity contribution < 1.29 is 9.72 Å². The van der Waals surface area contributed by atoms with Gasteiger partial charge in [-0.15, -0.1) is 0 Å². The second-order valence-corrected chi connectivity index (χ2v) is 6.18. The number of hydrogen-bond acceptors (Lipinski definition) is 5. The maximum absolute atomic E-state index is 12.3. The molecule has 1 aliphatic rings. The quantitative estimate of drug-likeness (QED) is 0.359. The summed E-state index contributed by atoms with van der Waals surface area (Å²) in [6.45, 7) is 2.64. The Bertz CT molecular complexity index is 628. The molecule has 1 saturated heterocycles. The third-order valence-corrected chi connectivity index (χ3v) is 4.41. The van der Waals surface area contributed by atoms with E-state index in [0.29, 0.717) is 21.3 Å². The molecule has 0 N–H and O–H groups in total. The van der Waals surface area contributed by atoms with Gasteiger partial charge < -0.3 is 0 Å². The first-order valence-electron chi connectivity index (χ1n) is 6.53. The van der Waals surface area contributed by atoms with Crippen LogP contribution in [0.2, 0.25) is 0 Å². The molecule has 21 heavy (non-hydrogen) atoms. The van der Waals surface area contributed by atoms with E-state index >= 15 is 0 Å². The highest BCUT2D eigenvalue weighted by molar-refractivity contribution is 8.26. The van der Waals surface area contributed by atoms with E-state index in [9.17, 15) is 14.9 Å². The summed E-state index contributed by atoms with van der Waals surface area (Å²) in [7, 11) is 0. The normalized spacial score (nSPS) is 16.8. The SMILES string of the molecule is CCCCN1C(=O)/C(=C\c2ccccc2[N+](=O)[O-])SC1=S. The van der Waals surface area contributed by atoms with Crippen LogP contribution in [0.3, 0.4) is 0 Å². The Morgan fingerprint density at radius 2 is 2.14 bits per heavy atom. The lowest BCUT2D eigenvalue weighted by Gasteiger charge is -2.12. The molecule has 7 heteroatoms. The Hall–Kier alpha value is -1.73. The average molecular weight is 322 g/mol. The van der Waals surface area contributed by atoms with Gasteiger partial charge in [0.2, 0.25) is 0 Å². The standard InChI is InChI=1S/C14H14N2O3S2/c1-2-3-8-15-13(17)12(21-14(15)20)9-10-6-4-5-7-11(10)16(18)19/h4-7,9H,2-3,8H2,1H3/b12-9+. The monoisotopic (exact) mass is 322 g/mol. The minimum atomic E-state index is -0.455. The maximum atomic E-state index is 12.3. The number of para-hydroxylation sites is 1. The molecule has 0 aromatic heterocycles. The van der Waals surface area contributed by atoms with Gasteiger partial charge in [0, 0.05) is 12.6 Å². The minimum absolute atomic E-state index is 0.0173. The van der Waals surface area contributed by atoms with Crippen LogP contribution in [-0.2, 0) is 4.79 Å². The van der Waals surface area contributed by atoms with Crippen LogP contribution in [0.25, 0.3) is 6.08 Å². The molecule has 1 heterocycles. The van der Waals surface area contributed by atoms with Crippen molar-refractivity contribution in [1.29, 1.82) is 0 Å². The van der Waals surface area contributed by atoms with E-state index in [1.165, 1.54) is 17.8 Å². The summed E-state index contributed by atoms with van der Waals surface area (Å²) in [5.41, 5.74) is 0.398. The first-order chi connectivity index (χ1) is 10.0. The largest absolute Gasteiger partial charge is 0.293 e. The minimum Gasteiger partial charge on any atom is -0.293 e. The summed E-state index contributed by atoms with van der Waals surface area (Å²) in [5, 5.41) is 11.0. The molecule has 2 rings (SSSR count). The van der Waals surface area contributed by atoms with E-state index in [1.54, 1.807) is 29.2 Å².